The molecule has 1 amide bonds. The highest BCUT2D eigenvalue weighted by Gasteiger charge is 2.17. The number of aryl methyl sites for hydroxylation is 3. The Morgan fingerprint density at radius 2 is 2.12 bits per heavy atom. The summed E-state index contributed by atoms with van der Waals surface area (Å²) in [6.07, 6.45) is 1.73. The van der Waals surface area contributed by atoms with Gasteiger partial charge >= 0.3 is 0 Å². The van der Waals surface area contributed by atoms with E-state index in [0.29, 0.717) is 22.1 Å². The zero-order valence-corrected chi connectivity index (χ0v) is 16.7. The number of rotatable bonds is 5. The van der Waals surface area contributed by atoms with Gasteiger partial charge in [0, 0.05) is 16.0 Å². The van der Waals surface area contributed by atoms with Crippen LogP contribution < -0.4 is 10.9 Å². The van der Waals surface area contributed by atoms with Gasteiger partial charge in [0.05, 0.1) is 16.4 Å². The molecule has 0 spiro atoms. The van der Waals surface area contributed by atoms with Crippen molar-refractivity contribution in [3.8, 4) is 0 Å². The van der Waals surface area contributed by atoms with Crippen molar-refractivity contribution < 1.29 is 4.79 Å². The Bertz CT molecular complexity index is 989. The Kier molecular flexibility index (Phi) is 5.26. The quantitative estimate of drug-likeness (QED) is 0.690. The molecule has 6 nitrogen and oxygen atoms in total. The lowest BCUT2D eigenvalue weighted by Gasteiger charge is -2.10. The number of fused-ring (bicyclic) bond motifs is 1. The largest absolute Gasteiger partial charge is 0.309 e. The number of hydrogen-bond donors (Lipinski definition) is 2. The molecule has 3 rings (SSSR count). The van der Waals surface area contributed by atoms with Crippen molar-refractivity contribution in [2.24, 2.45) is 0 Å². The molecule has 132 valence electrons. The minimum Gasteiger partial charge on any atom is -0.309 e. The third kappa shape index (κ3) is 3.94. The first-order chi connectivity index (χ1) is 11.8. The summed E-state index contributed by atoms with van der Waals surface area (Å²) in [5.41, 5.74) is 0.872. The van der Waals surface area contributed by atoms with Crippen LogP contribution >= 0.6 is 34.4 Å². The third-order valence-electron chi connectivity index (χ3n) is 3.78. The van der Waals surface area contributed by atoms with Crippen molar-refractivity contribution in [2.45, 2.75) is 38.7 Å². The Morgan fingerprint density at radius 3 is 2.80 bits per heavy atom. The van der Waals surface area contributed by atoms with Gasteiger partial charge in [-0.3, -0.25) is 9.59 Å². The van der Waals surface area contributed by atoms with E-state index in [4.69, 9.17) is 0 Å². The standard InChI is InChI=1S/C16H18N4O2S3/c1-7-5-17-16(24-7)20-13(21)10(4)23-6-11-18-14(22)12-8(2)9(3)25-15(12)19-11/h5,10H,6H2,1-4H3,(H,17,20,21)(H,18,19,22). The highest BCUT2D eigenvalue weighted by atomic mass is 32.2. The Labute approximate surface area is 157 Å². The fourth-order valence-corrected chi connectivity index (χ4v) is 4.74. The van der Waals surface area contributed by atoms with Crippen molar-refractivity contribution in [3.63, 3.8) is 0 Å². The predicted octanol–water partition coefficient (Wildman–Crippen LogP) is 3.63. The number of aromatic nitrogens is 3. The number of aromatic amines is 1. The number of thiazole rings is 1. The molecule has 25 heavy (non-hydrogen) atoms. The summed E-state index contributed by atoms with van der Waals surface area (Å²) < 4.78 is 0. The lowest BCUT2D eigenvalue weighted by molar-refractivity contribution is -0.115. The fourth-order valence-electron chi connectivity index (χ4n) is 2.27. The molecule has 2 N–H and O–H groups in total. The number of amides is 1. The molecule has 0 aliphatic rings. The first kappa shape index (κ1) is 18.1. The van der Waals surface area contributed by atoms with E-state index in [9.17, 15) is 9.59 Å². The van der Waals surface area contributed by atoms with E-state index >= 15 is 0 Å². The van der Waals surface area contributed by atoms with Gasteiger partial charge in [0.1, 0.15) is 10.7 Å². The second-order valence-corrected chi connectivity index (χ2v) is 9.46. The minimum absolute atomic E-state index is 0.106. The number of hydrogen-bond acceptors (Lipinski definition) is 7. The molecule has 1 atom stereocenters. The average Bonchev–Trinajstić information content (AvgIpc) is 3.08. The summed E-state index contributed by atoms with van der Waals surface area (Å²) >= 11 is 4.40. The predicted molar refractivity (Wildman–Crippen MR) is 106 cm³/mol. The van der Waals surface area contributed by atoms with Crippen LogP contribution in [0.15, 0.2) is 11.0 Å². The van der Waals surface area contributed by atoms with Gasteiger partial charge in [-0.25, -0.2) is 9.97 Å². The summed E-state index contributed by atoms with van der Waals surface area (Å²) in [6, 6.07) is 0. The summed E-state index contributed by atoms with van der Waals surface area (Å²) in [4.78, 5) is 38.9. The van der Waals surface area contributed by atoms with E-state index in [-0.39, 0.29) is 16.7 Å². The van der Waals surface area contributed by atoms with Gasteiger partial charge in [-0.2, -0.15) is 0 Å². The zero-order chi connectivity index (χ0) is 18.1. The molecule has 3 aromatic rings. The molecule has 0 aromatic carbocycles. The smallest absolute Gasteiger partial charge is 0.259 e. The molecule has 9 heteroatoms. The van der Waals surface area contributed by atoms with Gasteiger partial charge in [-0.15, -0.1) is 34.4 Å². The molecule has 0 aliphatic heterocycles. The van der Waals surface area contributed by atoms with Crippen LogP contribution in [0.4, 0.5) is 5.13 Å². The highest BCUT2D eigenvalue weighted by Crippen LogP contribution is 2.26. The molecular weight excluding hydrogens is 376 g/mol. The van der Waals surface area contributed by atoms with Crippen LogP contribution in [0, 0.1) is 20.8 Å². The van der Waals surface area contributed by atoms with Crippen LogP contribution in [0.5, 0.6) is 0 Å². The van der Waals surface area contributed by atoms with Crippen LogP contribution in [-0.4, -0.2) is 26.1 Å². The van der Waals surface area contributed by atoms with E-state index < -0.39 is 0 Å². The van der Waals surface area contributed by atoms with E-state index in [1.165, 1.54) is 34.4 Å². The molecule has 0 bridgehead atoms. The second-order valence-electron chi connectivity index (χ2n) is 5.69. The van der Waals surface area contributed by atoms with Crippen LogP contribution in [0.1, 0.15) is 28.1 Å². The molecule has 3 heterocycles. The highest BCUT2D eigenvalue weighted by molar-refractivity contribution is 7.99. The van der Waals surface area contributed by atoms with Crippen LogP contribution in [0.25, 0.3) is 10.2 Å². The van der Waals surface area contributed by atoms with E-state index in [2.05, 4.69) is 20.3 Å². The molecule has 0 aliphatic carbocycles. The first-order valence-electron chi connectivity index (χ1n) is 7.69. The molecular formula is C16H18N4O2S3. The summed E-state index contributed by atoms with van der Waals surface area (Å²) in [5, 5.41) is 3.80. The molecule has 0 fully saturated rings. The Morgan fingerprint density at radius 1 is 1.36 bits per heavy atom. The van der Waals surface area contributed by atoms with Crippen molar-refractivity contribution >= 4 is 55.7 Å². The lowest BCUT2D eigenvalue weighted by atomic mass is 10.2. The van der Waals surface area contributed by atoms with Crippen molar-refractivity contribution in [1.29, 1.82) is 0 Å². The number of H-pyrrole nitrogens is 1. The maximum absolute atomic E-state index is 12.3. The number of nitrogens with zero attached hydrogens (tertiary/aromatic N) is 2. The van der Waals surface area contributed by atoms with Crippen molar-refractivity contribution in [1.82, 2.24) is 15.0 Å². The van der Waals surface area contributed by atoms with Crippen LogP contribution in [0.2, 0.25) is 0 Å². The molecule has 0 saturated carbocycles. The summed E-state index contributed by atoms with van der Waals surface area (Å²) in [6.45, 7) is 7.70. The zero-order valence-electron chi connectivity index (χ0n) is 14.3. The fraction of sp³-hybridized carbons (Fsp3) is 0.375. The third-order valence-corrected chi connectivity index (χ3v) is 6.86. The van der Waals surface area contributed by atoms with Gasteiger partial charge < -0.3 is 10.3 Å². The van der Waals surface area contributed by atoms with Crippen LogP contribution in [-0.2, 0) is 10.5 Å². The van der Waals surface area contributed by atoms with Gasteiger partial charge in [0.15, 0.2) is 5.13 Å². The molecule has 0 radical (unpaired) electrons. The molecule has 0 saturated heterocycles. The van der Waals surface area contributed by atoms with Crippen molar-refractivity contribution in [2.75, 3.05) is 5.32 Å². The molecule has 3 aromatic heterocycles. The van der Waals surface area contributed by atoms with Gasteiger partial charge in [-0.1, -0.05) is 0 Å². The number of thiophene rings is 1. The van der Waals surface area contributed by atoms with Crippen LogP contribution in [0.3, 0.4) is 0 Å². The van der Waals surface area contributed by atoms with Gasteiger partial charge in [0.2, 0.25) is 5.91 Å². The monoisotopic (exact) mass is 394 g/mol. The SMILES string of the molecule is Cc1cnc(NC(=O)C(C)SCc2nc3sc(C)c(C)c3c(=O)[nH]2)s1. The van der Waals surface area contributed by atoms with Gasteiger partial charge in [0.25, 0.3) is 5.56 Å². The second kappa shape index (κ2) is 7.27. The normalized spacial score (nSPS) is 12.5. The number of nitrogens with one attached hydrogen (secondary N) is 2. The average molecular weight is 395 g/mol. The Hall–Kier alpha value is -1.71. The van der Waals surface area contributed by atoms with Gasteiger partial charge in [-0.05, 0) is 33.3 Å². The minimum atomic E-state index is -0.281. The van der Waals surface area contributed by atoms with E-state index in [1.807, 2.05) is 27.7 Å². The molecule has 1 unspecified atom stereocenters. The summed E-state index contributed by atoms with van der Waals surface area (Å²) in [7, 11) is 0. The van der Waals surface area contributed by atoms with E-state index in [1.54, 1.807) is 6.20 Å². The summed E-state index contributed by atoms with van der Waals surface area (Å²) in [5.74, 6) is 0.950. The Balaban J connectivity index is 1.67. The number of thioether (sulfide) groups is 1. The number of carbonyl (C=O) groups excluding carboxylic acids is 1. The van der Waals surface area contributed by atoms with Crippen molar-refractivity contribution in [3.05, 3.63) is 37.7 Å². The maximum Gasteiger partial charge on any atom is 0.259 e. The van der Waals surface area contributed by atoms with E-state index in [0.717, 1.165) is 20.1 Å². The number of anilines is 1. The lowest BCUT2D eigenvalue weighted by Crippen LogP contribution is -2.22. The number of carbonyl (C=O) groups is 1. The first-order valence-corrected chi connectivity index (χ1v) is 10.4. The maximum atomic E-state index is 12.3. The topological polar surface area (TPSA) is 87.7 Å².